The van der Waals surface area contributed by atoms with Crippen molar-refractivity contribution in [1.82, 2.24) is 0 Å². The number of fused-ring (bicyclic) bond motifs is 9. The second-order valence-electron chi connectivity index (χ2n) is 11.4. The molecule has 0 fully saturated rings. The van der Waals surface area contributed by atoms with E-state index >= 15 is 0 Å². The normalized spacial score (nSPS) is 11.6. The summed E-state index contributed by atoms with van der Waals surface area (Å²) < 4.78 is 2.68. The van der Waals surface area contributed by atoms with Crippen molar-refractivity contribution in [2.75, 3.05) is 4.90 Å². The SMILES string of the molecule is c1ccc(-c2ccc(N(c3ccccc3)c3ccc4c(ccc5ccc6ccc7sc8ccccc8c7c6c54)c3)cc2)cc1. The Morgan fingerprint density at radius 1 is 0.341 bits per heavy atom. The van der Waals surface area contributed by atoms with Gasteiger partial charge >= 0.3 is 0 Å². The molecule has 206 valence electrons. The van der Waals surface area contributed by atoms with E-state index in [4.69, 9.17) is 0 Å². The van der Waals surface area contributed by atoms with E-state index in [0.717, 1.165) is 17.1 Å². The molecule has 0 bridgehead atoms. The zero-order chi connectivity index (χ0) is 29.0. The summed E-state index contributed by atoms with van der Waals surface area (Å²) in [6.45, 7) is 0. The van der Waals surface area contributed by atoms with Crippen molar-refractivity contribution in [2.24, 2.45) is 0 Å². The third kappa shape index (κ3) is 4.00. The second-order valence-corrected chi connectivity index (χ2v) is 12.4. The predicted octanol–water partition coefficient (Wildman–Crippen LogP) is 12.7. The Morgan fingerprint density at radius 3 is 1.73 bits per heavy atom. The molecule has 0 unspecified atom stereocenters. The van der Waals surface area contributed by atoms with Crippen LogP contribution in [0.15, 0.2) is 164 Å². The average Bonchev–Trinajstić information content (AvgIpc) is 3.48. The van der Waals surface area contributed by atoms with Gasteiger partial charge in [-0.3, -0.25) is 0 Å². The van der Waals surface area contributed by atoms with Crippen LogP contribution in [0.2, 0.25) is 0 Å². The van der Waals surface area contributed by atoms with Gasteiger partial charge in [0.2, 0.25) is 0 Å². The molecule has 0 aliphatic rings. The number of para-hydroxylation sites is 1. The van der Waals surface area contributed by atoms with Gasteiger partial charge in [-0.25, -0.2) is 0 Å². The largest absolute Gasteiger partial charge is 0.310 e. The third-order valence-corrected chi connectivity index (χ3v) is 9.94. The van der Waals surface area contributed by atoms with Crippen LogP contribution in [0.25, 0.3) is 63.6 Å². The van der Waals surface area contributed by atoms with Crippen molar-refractivity contribution in [3.63, 3.8) is 0 Å². The van der Waals surface area contributed by atoms with Crippen LogP contribution in [0.1, 0.15) is 0 Å². The standard InChI is InChI=1S/C42H27NS/c1-3-9-28(10-4-1)29-19-22-34(23-20-29)43(33-11-5-2-6-12-33)35-24-25-36-32(27-35)18-17-30-15-16-31-21-26-39-42(41(31)40(30)36)37-13-7-8-14-38(37)44-39/h1-27H. The Bertz CT molecular complexity index is 2480. The first-order valence-electron chi connectivity index (χ1n) is 15.0. The molecular formula is C42H27NS. The monoisotopic (exact) mass is 577 g/mol. The number of hydrogen-bond acceptors (Lipinski definition) is 2. The maximum atomic E-state index is 2.35. The first kappa shape index (κ1) is 25.1. The summed E-state index contributed by atoms with van der Waals surface area (Å²) in [6, 6.07) is 59.6. The van der Waals surface area contributed by atoms with E-state index in [0.29, 0.717) is 0 Å². The van der Waals surface area contributed by atoms with Gasteiger partial charge in [0.25, 0.3) is 0 Å². The Labute approximate surface area is 259 Å². The van der Waals surface area contributed by atoms with Crippen molar-refractivity contribution < 1.29 is 0 Å². The van der Waals surface area contributed by atoms with Gasteiger partial charge < -0.3 is 4.90 Å². The van der Waals surface area contributed by atoms with Crippen LogP contribution in [-0.2, 0) is 0 Å². The molecule has 9 rings (SSSR count). The summed E-state index contributed by atoms with van der Waals surface area (Å²) in [5.41, 5.74) is 5.85. The maximum Gasteiger partial charge on any atom is 0.0468 e. The van der Waals surface area contributed by atoms with Gasteiger partial charge in [0, 0.05) is 37.2 Å². The average molecular weight is 578 g/mol. The van der Waals surface area contributed by atoms with Crippen molar-refractivity contribution in [3.05, 3.63) is 164 Å². The molecule has 0 amide bonds. The fourth-order valence-corrected chi connectivity index (χ4v) is 7.88. The highest BCUT2D eigenvalue weighted by molar-refractivity contribution is 7.26. The second kappa shape index (κ2) is 10.1. The number of anilines is 3. The highest BCUT2D eigenvalue weighted by atomic mass is 32.1. The number of rotatable bonds is 4. The Balaban J connectivity index is 1.26. The van der Waals surface area contributed by atoms with E-state index in [9.17, 15) is 0 Å². The fourth-order valence-electron chi connectivity index (χ4n) is 6.77. The van der Waals surface area contributed by atoms with Crippen molar-refractivity contribution >= 4 is 80.9 Å². The molecule has 0 radical (unpaired) electrons. The summed E-state index contributed by atoms with van der Waals surface area (Å²) in [6.07, 6.45) is 0. The quantitative estimate of drug-likeness (QED) is 0.188. The molecule has 0 aliphatic heterocycles. The molecule has 1 heterocycles. The summed E-state index contributed by atoms with van der Waals surface area (Å²) >= 11 is 1.88. The highest BCUT2D eigenvalue weighted by Gasteiger charge is 2.16. The van der Waals surface area contributed by atoms with E-state index in [1.807, 2.05) is 11.3 Å². The van der Waals surface area contributed by atoms with Gasteiger partial charge in [-0.2, -0.15) is 0 Å². The highest BCUT2D eigenvalue weighted by Crippen LogP contribution is 2.44. The lowest BCUT2D eigenvalue weighted by Crippen LogP contribution is -2.09. The van der Waals surface area contributed by atoms with Crippen LogP contribution in [0.4, 0.5) is 17.1 Å². The minimum absolute atomic E-state index is 1.13. The number of thiophene rings is 1. The van der Waals surface area contributed by atoms with Crippen LogP contribution >= 0.6 is 11.3 Å². The van der Waals surface area contributed by atoms with Gasteiger partial charge in [-0.1, -0.05) is 115 Å². The Kier molecular flexibility index (Phi) is 5.75. The zero-order valence-electron chi connectivity index (χ0n) is 23.9. The lowest BCUT2D eigenvalue weighted by molar-refractivity contribution is 1.29. The topological polar surface area (TPSA) is 3.24 Å². The smallest absolute Gasteiger partial charge is 0.0468 e. The molecule has 0 atom stereocenters. The van der Waals surface area contributed by atoms with Gasteiger partial charge in [0.15, 0.2) is 0 Å². The molecule has 0 saturated heterocycles. The lowest BCUT2D eigenvalue weighted by Gasteiger charge is -2.26. The summed E-state index contributed by atoms with van der Waals surface area (Å²) in [7, 11) is 0. The molecule has 44 heavy (non-hydrogen) atoms. The van der Waals surface area contributed by atoms with Crippen molar-refractivity contribution in [1.29, 1.82) is 0 Å². The van der Waals surface area contributed by atoms with E-state index in [2.05, 4.69) is 169 Å². The maximum absolute atomic E-state index is 2.35. The summed E-state index contributed by atoms with van der Waals surface area (Å²) in [5, 5.41) is 10.5. The first-order valence-corrected chi connectivity index (χ1v) is 15.8. The van der Waals surface area contributed by atoms with Crippen molar-refractivity contribution in [3.8, 4) is 11.1 Å². The van der Waals surface area contributed by atoms with Crippen LogP contribution in [0.3, 0.4) is 0 Å². The van der Waals surface area contributed by atoms with Crippen LogP contribution in [0, 0.1) is 0 Å². The first-order chi connectivity index (χ1) is 21.8. The summed E-state index contributed by atoms with van der Waals surface area (Å²) in [4.78, 5) is 2.35. The number of hydrogen-bond donors (Lipinski definition) is 0. The third-order valence-electron chi connectivity index (χ3n) is 8.81. The molecular weight excluding hydrogens is 551 g/mol. The van der Waals surface area contributed by atoms with Gasteiger partial charge in [0.05, 0.1) is 0 Å². The molecule has 2 heteroatoms. The minimum atomic E-state index is 1.13. The molecule has 0 N–H and O–H groups in total. The lowest BCUT2D eigenvalue weighted by atomic mass is 9.93. The van der Waals surface area contributed by atoms with Gasteiger partial charge in [-0.15, -0.1) is 11.3 Å². The number of benzene rings is 8. The predicted molar refractivity (Wildman–Crippen MR) is 192 cm³/mol. The van der Waals surface area contributed by atoms with Gasteiger partial charge in [-0.05, 0) is 92.0 Å². The fraction of sp³-hybridized carbons (Fsp3) is 0. The van der Waals surface area contributed by atoms with Crippen molar-refractivity contribution in [2.45, 2.75) is 0 Å². The van der Waals surface area contributed by atoms with Crippen LogP contribution < -0.4 is 4.90 Å². The van der Waals surface area contributed by atoms with E-state index < -0.39 is 0 Å². The number of nitrogens with zero attached hydrogens (tertiary/aromatic N) is 1. The van der Waals surface area contributed by atoms with Crippen LogP contribution in [-0.4, -0.2) is 0 Å². The molecule has 1 nitrogen and oxygen atoms in total. The molecule has 8 aromatic carbocycles. The van der Waals surface area contributed by atoms with Crippen LogP contribution in [0.5, 0.6) is 0 Å². The Morgan fingerprint density at radius 2 is 0.932 bits per heavy atom. The minimum Gasteiger partial charge on any atom is -0.310 e. The zero-order valence-corrected chi connectivity index (χ0v) is 24.8. The summed E-state index contributed by atoms with van der Waals surface area (Å²) in [5.74, 6) is 0. The van der Waals surface area contributed by atoms with E-state index in [1.54, 1.807) is 0 Å². The molecule has 1 aromatic heterocycles. The van der Waals surface area contributed by atoms with Gasteiger partial charge in [0.1, 0.15) is 0 Å². The molecule has 0 aliphatic carbocycles. The molecule has 9 aromatic rings. The van der Waals surface area contributed by atoms with E-state index in [-0.39, 0.29) is 0 Å². The molecule has 0 saturated carbocycles. The Hall–Kier alpha value is -5.44. The van der Waals surface area contributed by atoms with E-state index in [1.165, 1.54) is 63.6 Å². The molecule has 0 spiro atoms.